The number of amides is 2. The van der Waals surface area contributed by atoms with Gasteiger partial charge in [0.25, 0.3) is 5.28 Å². The monoisotopic (exact) mass is 426 g/mol. The summed E-state index contributed by atoms with van der Waals surface area (Å²) in [6.07, 6.45) is -4.47. The summed E-state index contributed by atoms with van der Waals surface area (Å²) in [6.45, 7) is 3.49. The van der Waals surface area contributed by atoms with Crippen molar-refractivity contribution in [2.45, 2.75) is 32.2 Å². The molecule has 1 aliphatic heterocycles. The van der Waals surface area contributed by atoms with E-state index in [9.17, 15) is 22.5 Å². The predicted molar refractivity (Wildman–Crippen MR) is 95.9 cm³/mol. The Bertz CT molecular complexity index is 775. The first-order valence-electron chi connectivity index (χ1n) is 8.04. The SMILES string of the molecule is CCOP(=O)(OCC)[C@@]1(C(F)(F)F)C=C(C)N(c2ccc(Cl)cc2)C(=O)N1. The van der Waals surface area contributed by atoms with Crippen molar-refractivity contribution in [1.29, 1.82) is 0 Å². The van der Waals surface area contributed by atoms with Crippen molar-refractivity contribution in [2.24, 2.45) is 0 Å². The van der Waals surface area contributed by atoms with E-state index in [0.29, 0.717) is 16.8 Å². The number of rotatable bonds is 6. The molecular formula is C16H19ClF3N2O4P. The zero-order valence-corrected chi connectivity index (χ0v) is 16.5. The van der Waals surface area contributed by atoms with Crippen LogP contribution in [0.1, 0.15) is 20.8 Å². The van der Waals surface area contributed by atoms with Gasteiger partial charge in [0.1, 0.15) is 0 Å². The Morgan fingerprint density at radius 2 is 1.70 bits per heavy atom. The van der Waals surface area contributed by atoms with E-state index in [1.54, 1.807) is 0 Å². The van der Waals surface area contributed by atoms with Gasteiger partial charge in [0.2, 0.25) is 0 Å². The summed E-state index contributed by atoms with van der Waals surface area (Å²) in [7, 11) is -4.83. The van der Waals surface area contributed by atoms with Gasteiger partial charge in [-0.15, -0.1) is 0 Å². The van der Waals surface area contributed by atoms with Crippen molar-refractivity contribution in [2.75, 3.05) is 18.1 Å². The maximum atomic E-state index is 14.0. The van der Waals surface area contributed by atoms with E-state index in [1.165, 1.54) is 45.0 Å². The van der Waals surface area contributed by atoms with Gasteiger partial charge >= 0.3 is 19.8 Å². The summed E-state index contributed by atoms with van der Waals surface area (Å²) < 4.78 is 65.0. The number of anilines is 1. The second-order valence-corrected chi connectivity index (χ2v) is 8.28. The second-order valence-electron chi connectivity index (χ2n) is 5.62. The number of benzene rings is 1. The van der Waals surface area contributed by atoms with Gasteiger partial charge in [-0.1, -0.05) is 11.6 Å². The Morgan fingerprint density at radius 3 is 2.11 bits per heavy atom. The quantitative estimate of drug-likeness (QED) is 0.627. The molecule has 150 valence electrons. The largest absolute Gasteiger partial charge is 0.427 e. The molecule has 1 atom stereocenters. The fourth-order valence-corrected chi connectivity index (χ4v) is 4.91. The number of allylic oxidation sites excluding steroid dienone is 1. The maximum absolute atomic E-state index is 14.0. The summed E-state index contributed by atoms with van der Waals surface area (Å²) in [6, 6.07) is 4.83. The minimum absolute atomic E-state index is 0.0852. The molecule has 0 aliphatic carbocycles. The van der Waals surface area contributed by atoms with Crippen LogP contribution in [0.3, 0.4) is 0 Å². The highest BCUT2D eigenvalue weighted by Crippen LogP contribution is 2.66. The van der Waals surface area contributed by atoms with Gasteiger partial charge in [-0.05, 0) is 51.1 Å². The van der Waals surface area contributed by atoms with Crippen LogP contribution in [0.25, 0.3) is 0 Å². The average Bonchev–Trinajstić information content (AvgIpc) is 2.55. The average molecular weight is 427 g/mol. The van der Waals surface area contributed by atoms with Crippen molar-refractivity contribution in [3.05, 3.63) is 41.1 Å². The fourth-order valence-electron chi connectivity index (χ4n) is 2.73. The zero-order valence-electron chi connectivity index (χ0n) is 14.8. The molecule has 0 radical (unpaired) electrons. The lowest BCUT2D eigenvalue weighted by Crippen LogP contribution is -2.63. The third-order valence-electron chi connectivity index (χ3n) is 3.82. The highest BCUT2D eigenvalue weighted by atomic mass is 35.5. The molecule has 1 aromatic rings. The molecule has 0 aromatic heterocycles. The molecule has 0 spiro atoms. The van der Waals surface area contributed by atoms with Crippen molar-refractivity contribution >= 4 is 30.9 Å². The lowest BCUT2D eigenvalue weighted by Gasteiger charge is -2.43. The van der Waals surface area contributed by atoms with E-state index in [-0.39, 0.29) is 18.9 Å². The van der Waals surface area contributed by atoms with Gasteiger partial charge in [0.05, 0.1) is 18.9 Å². The summed E-state index contributed by atoms with van der Waals surface area (Å²) in [5, 5.41) is -1.08. The summed E-state index contributed by atoms with van der Waals surface area (Å²) in [5.74, 6) is 0. The number of hydrogen-bond acceptors (Lipinski definition) is 4. The topological polar surface area (TPSA) is 67.9 Å². The van der Waals surface area contributed by atoms with Crippen molar-refractivity contribution in [1.82, 2.24) is 5.32 Å². The van der Waals surface area contributed by atoms with Crippen LogP contribution in [0, 0.1) is 0 Å². The van der Waals surface area contributed by atoms with Gasteiger partial charge in [-0.2, -0.15) is 13.2 Å². The molecule has 2 amide bonds. The number of carbonyl (C=O) groups excluding carboxylic acids is 1. The molecule has 0 bridgehead atoms. The molecule has 6 nitrogen and oxygen atoms in total. The van der Waals surface area contributed by atoms with Crippen molar-refractivity contribution < 1.29 is 31.6 Å². The summed E-state index contributed by atoms with van der Waals surface area (Å²) in [5.41, 5.74) is 0.210. The highest BCUT2D eigenvalue weighted by Gasteiger charge is 2.69. The van der Waals surface area contributed by atoms with E-state index in [0.717, 1.165) is 4.90 Å². The lowest BCUT2D eigenvalue weighted by atomic mass is 10.1. The number of urea groups is 1. The Morgan fingerprint density at radius 1 is 1.19 bits per heavy atom. The molecule has 1 heterocycles. The lowest BCUT2D eigenvalue weighted by molar-refractivity contribution is -0.161. The Labute approximate surface area is 159 Å². The fraction of sp³-hybridized carbons (Fsp3) is 0.438. The summed E-state index contributed by atoms with van der Waals surface area (Å²) >= 11 is 5.81. The normalized spacial score (nSPS) is 21.1. The standard InChI is InChI=1S/C16H19ClF3N2O4P/c1-4-25-27(24,26-5-2)15(16(18,19)20)10-11(3)22(14(23)21-15)13-8-6-12(17)7-9-13/h6-10H,4-5H2,1-3H3,(H,21,23)/t15-/m1/s1. The minimum atomic E-state index is -5.13. The number of halogens is 4. The number of hydrogen-bond donors (Lipinski definition) is 1. The molecule has 1 aliphatic rings. The molecule has 0 saturated carbocycles. The molecule has 0 unspecified atom stereocenters. The number of nitrogens with zero attached hydrogens (tertiary/aromatic N) is 1. The summed E-state index contributed by atoms with van der Waals surface area (Å²) in [4.78, 5) is 13.6. The van der Waals surface area contributed by atoms with Gasteiger partial charge in [-0.3, -0.25) is 9.46 Å². The van der Waals surface area contributed by atoms with Gasteiger partial charge in [-0.25, -0.2) is 4.79 Å². The van der Waals surface area contributed by atoms with Gasteiger partial charge < -0.3 is 14.4 Å². The molecule has 11 heteroatoms. The minimum Gasteiger partial charge on any atom is -0.310 e. The number of alkyl halides is 3. The van der Waals surface area contributed by atoms with Crippen LogP contribution >= 0.6 is 19.2 Å². The third kappa shape index (κ3) is 3.87. The van der Waals surface area contributed by atoms with E-state index in [4.69, 9.17) is 20.6 Å². The predicted octanol–water partition coefficient (Wildman–Crippen LogP) is 5.30. The third-order valence-corrected chi connectivity index (χ3v) is 6.62. The molecular weight excluding hydrogens is 408 g/mol. The first-order valence-corrected chi connectivity index (χ1v) is 9.96. The number of carbonyl (C=O) groups is 1. The smallest absolute Gasteiger partial charge is 0.310 e. The molecule has 0 fully saturated rings. The zero-order chi connectivity index (χ0) is 20.5. The van der Waals surface area contributed by atoms with E-state index in [1.807, 2.05) is 5.32 Å². The maximum Gasteiger partial charge on any atom is 0.427 e. The van der Waals surface area contributed by atoms with Gasteiger partial charge in [0, 0.05) is 10.7 Å². The van der Waals surface area contributed by atoms with Crippen LogP contribution in [-0.4, -0.2) is 30.7 Å². The molecule has 1 N–H and O–H groups in total. The van der Waals surface area contributed by atoms with Gasteiger partial charge in [0.15, 0.2) is 0 Å². The van der Waals surface area contributed by atoms with Crippen LogP contribution < -0.4 is 10.2 Å². The van der Waals surface area contributed by atoms with E-state index >= 15 is 0 Å². The first kappa shape index (κ1) is 21.8. The van der Waals surface area contributed by atoms with Crippen LogP contribution in [0.5, 0.6) is 0 Å². The van der Waals surface area contributed by atoms with Crippen LogP contribution in [0.15, 0.2) is 36.0 Å². The molecule has 1 aromatic carbocycles. The highest BCUT2D eigenvalue weighted by molar-refractivity contribution is 7.56. The number of nitrogens with one attached hydrogen (secondary N) is 1. The van der Waals surface area contributed by atoms with E-state index < -0.39 is 25.1 Å². The second kappa shape index (κ2) is 7.83. The molecule has 2 rings (SSSR count). The Balaban J connectivity index is 2.63. The first-order chi connectivity index (χ1) is 12.5. The molecule has 27 heavy (non-hydrogen) atoms. The van der Waals surface area contributed by atoms with E-state index in [2.05, 4.69) is 0 Å². The van der Waals surface area contributed by atoms with Crippen LogP contribution in [-0.2, 0) is 13.6 Å². The van der Waals surface area contributed by atoms with Crippen molar-refractivity contribution in [3.8, 4) is 0 Å². The molecule has 0 saturated heterocycles. The van der Waals surface area contributed by atoms with Crippen LogP contribution in [0.4, 0.5) is 23.7 Å². The van der Waals surface area contributed by atoms with Crippen molar-refractivity contribution in [3.63, 3.8) is 0 Å². The van der Waals surface area contributed by atoms with Crippen LogP contribution in [0.2, 0.25) is 5.02 Å². The Hall–Kier alpha value is -1.54. The Kier molecular flexibility index (Phi) is 6.31.